The minimum atomic E-state index is -4.25. The summed E-state index contributed by atoms with van der Waals surface area (Å²) in [4.78, 5) is 20.3. The van der Waals surface area contributed by atoms with Gasteiger partial charge in [0.1, 0.15) is 5.76 Å². The molecule has 1 amide bonds. The Balaban J connectivity index is 1.28. The minimum Gasteiger partial charge on any atom is -0.465 e. The maximum Gasteiger partial charge on any atom is 0.407 e. The smallest absolute Gasteiger partial charge is 0.407 e. The molecule has 0 atom stereocenters. The predicted octanol–water partition coefficient (Wildman–Crippen LogP) is 3.04. The summed E-state index contributed by atoms with van der Waals surface area (Å²) < 4.78 is 44.4. The lowest BCUT2D eigenvalue weighted by Gasteiger charge is -2.52. The van der Waals surface area contributed by atoms with Crippen molar-refractivity contribution in [2.24, 2.45) is 5.41 Å². The van der Waals surface area contributed by atoms with Gasteiger partial charge in [-0.3, -0.25) is 4.90 Å². The number of amides is 1. The lowest BCUT2D eigenvalue weighted by Crippen LogP contribution is -2.56. The van der Waals surface area contributed by atoms with Crippen molar-refractivity contribution in [2.75, 3.05) is 32.7 Å². The zero-order chi connectivity index (χ0) is 20.6. The van der Waals surface area contributed by atoms with Crippen molar-refractivity contribution >= 4 is 6.09 Å². The van der Waals surface area contributed by atoms with Gasteiger partial charge in [-0.05, 0) is 50.6 Å². The van der Waals surface area contributed by atoms with Gasteiger partial charge in [0.05, 0.1) is 19.3 Å². The van der Waals surface area contributed by atoms with E-state index in [1.807, 2.05) is 0 Å². The highest BCUT2D eigenvalue weighted by atomic mass is 19.4. The van der Waals surface area contributed by atoms with Crippen LogP contribution >= 0.6 is 0 Å². The van der Waals surface area contributed by atoms with Crippen LogP contribution in [0.1, 0.15) is 37.9 Å². The van der Waals surface area contributed by atoms with Gasteiger partial charge in [-0.1, -0.05) is 0 Å². The average molecular weight is 416 g/mol. The van der Waals surface area contributed by atoms with E-state index >= 15 is 0 Å². The van der Waals surface area contributed by atoms with Crippen LogP contribution in [0.15, 0.2) is 17.0 Å². The normalized spacial score (nSPS) is 29.0. The van der Waals surface area contributed by atoms with E-state index in [-0.39, 0.29) is 18.0 Å². The zero-order valence-electron chi connectivity index (χ0n) is 16.3. The third-order valence-electron chi connectivity index (χ3n) is 6.80. The number of carbonyl (C=O) groups is 1. The summed E-state index contributed by atoms with van der Waals surface area (Å²) in [6.45, 7) is 1.94. The average Bonchev–Trinajstić information content (AvgIpc) is 3.29. The number of likely N-dealkylation sites (tertiary alicyclic amines) is 2. The molecule has 0 bridgehead atoms. The van der Waals surface area contributed by atoms with Crippen molar-refractivity contribution in [3.63, 3.8) is 0 Å². The molecule has 1 saturated carbocycles. The third-order valence-corrected chi connectivity index (χ3v) is 6.80. The van der Waals surface area contributed by atoms with Gasteiger partial charge < -0.3 is 19.3 Å². The summed E-state index contributed by atoms with van der Waals surface area (Å²) in [5.74, 6) is 0.446. The molecule has 1 N–H and O–H groups in total. The van der Waals surface area contributed by atoms with E-state index in [1.165, 1.54) is 22.4 Å². The van der Waals surface area contributed by atoms with E-state index in [0.29, 0.717) is 37.7 Å². The molecule has 2 aliphatic heterocycles. The molecule has 0 aromatic carbocycles. The molecule has 3 fully saturated rings. The minimum absolute atomic E-state index is 0.113. The Labute approximate surface area is 167 Å². The highest BCUT2D eigenvalue weighted by molar-refractivity contribution is 5.65. The van der Waals surface area contributed by atoms with Gasteiger partial charge >= 0.3 is 12.3 Å². The van der Waals surface area contributed by atoms with Gasteiger partial charge in [-0.15, -0.1) is 0 Å². The Morgan fingerprint density at radius 1 is 1.31 bits per heavy atom. The first-order valence-corrected chi connectivity index (χ1v) is 10.1. The van der Waals surface area contributed by atoms with E-state index < -0.39 is 18.8 Å². The summed E-state index contributed by atoms with van der Waals surface area (Å²) in [5.41, 5.74) is 0.120. The van der Waals surface area contributed by atoms with Crippen molar-refractivity contribution in [2.45, 2.75) is 56.9 Å². The maximum absolute atomic E-state index is 13.1. The van der Waals surface area contributed by atoms with Crippen LogP contribution in [0.3, 0.4) is 0 Å². The highest BCUT2D eigenvalue weighted by Gasteiger charge is 2.51. The quantitative estimate of drug-likeness (QED) is 0.796. The summed E-state index contributed by atoms with van der Waals surface area (Å²) >= 11 is 0. The molecule has 0 unspecified atom stereocenters. The molecular weight excluding hydrogens is 389 g/mol. The Morgan fingerprint density at radius 2 is 2.03 bits per heavy atom. The number of carboxylic acid groups (broad SMARTS) is 1. The van der Waals surface area contributed by atoms with Crippen molar-refractivity contribution in [3.8, 4) is 0 Å². The van der Waals surface area contributed by atoms with Crippen LogP contribution in [0.25, 0.3) is 0 Å². The summed E-state index contributed by atoms with van der Waals surface area (Å²) in [7, 11) is 0. The fourth-order valence-corrected chi connectivity index (χ4v) is 5.31. The van der Waals surface area contributed by atoms with Gasteiger partial charge in [0.25, 0.3) is 0 Å². The van der Waals surface area contributed by atoms with Crippen LogP contribution in [-0.4, -0.2) is 81.9 Å². The fraction of sp³-hybridized carbons (Fsp3) is 0.789. The van der Waals surface area contributed by atoms with E-state index in [1.54, 1.807) is 0 Å². The lowest BCUT2D eigenvalue weighted by atomic mass is 9.64. The molecule has 0 radical (unpaired) electrons. The van der Waals surface area contributed by atoms with E-state index in [2.05, 4.69) is 9.88 Å². The Bertz CT molecular complexity index is 698. The molecule has 3 heterocycles. The second-order valence-corrected chi connectivity index (χ2v) is 8.77. The molecule has 2 saturated heterocycles. The summed E-state index contributed by atoms with van der Waals surface area (Å²) in [6, 6.07) is 0.288. The van der Waals surface area contributed by atoms with Crippen molar-refractivity contribution in [3.05, 3.63) is 18.4 Å². The Hall–Kier alpha value is -1.81. The van der Waals surface area contributed by atoms with Crippen LogP contribution in [0.2, 0.25) is 0 Å². The maximum atomic E-state index is 13.1. The molecule has 4 rings (SSSR count). The molecular formula is C19H27F3N4O3. The lowest BCUT2D eigenvalue weighted by molar-refractivity contribution is -0.155. The van der Waals surface area contributed by atoms with Crippen LogP contribution in [0.4, 0.5) is 18.0 Å². The van der Waals surface area contributed by atoms with Crippen LogP contribution in [-0.2, 0) is 6.54 Å². The summed E-state index contributed by atoms with van der Waals surface area (Å²) in [5, 5.41) is 9.15. The molecule has 162 valence electrons. The molecule has 1 aromatic heterocycles. The predicted molar refractivity (Wildman–Crippen MR) is 97.2 cm³/mol. The van der Waals surface area contributed by atoms with Gasteiger partial charge in [0, 0.05) is 25.2 Å². The molecule has 3 aliphatic rings. The molecule has 1 aliphatic carbocycles. The monoisotopic (exact) mass is 416 g/mol. The first-order chi connectivity index (χ1) is 13.7. The Kier molecular flexibility index (Phi) is 5.50. The third kappa shape index (κ3) is 4.69. The number of nitrogens with zero attached hydrogens (tertiary/aromatic N) is 4. The first kappa shape index (κ1) is 20.5. The van der Waals surface area contributed by atoms with Crippen LogP contribution < -0.4 is 0 Å². The fourth-order valence-electron chi connectivity index (χ4n) is 5.31. The van der Waals surface area contributed by atoms with E-state index in [9.17, 15) is 18.0 Å². The van der Waals surface area contributed by atoms with Crippen LogP contribution in [0, 0.1) is 5.41 Å². The molecule has 1 spiro atoms. The number of hydrogen-bond acceptors (Lipinski definition) is 5. The second kappa shape index (κ2) is 7.79. The zero-order valence-corrected chi connectivity index (χ0v) is 16.3. The van der Waals surface area contributed by atoms with E-state index in [0.717, 1.165) is 32.4 Å². The van der Waals surface area contributed by atoms with Gasteiger partial charge in [0.2, 0.25) is 0 Å². The standard InChI is InChI=1S/C19H27F3N4O3/c20-19(21,22)12-26(10-16-9-23-13-29-16)14-1-4-24(5-2-14)15-7-18(8-15)3-6-25(11-18)17(27)28/h9,13-15H,1-8,10-12H2,(H,27,28). The SMILES string of the molecule is O=C(O)N1CCC2(CC(N3CCC(N(Cc4cnco4)CC(F)(F)F)CC3)C2)C1. The molecule has 29 heavy (non-hydrogen) atoms. The van der Waals surface area contributed by atoms with E-state index in [4.69, 9.17) is 9.52 Å². The van der Waals surface area contributed by atoms with Crippen molar-refractivity contribution in [1.82, 2.24) is 19.7 Å². The Morgan fingerprint density at radius 3 is 2.59 bits per heavy atom. The van der Waals surface area contributed by atoms with Crippen molar-refractivity contribution in [1.29, 1.82) is 0 Å². The second-order valence-electron chi connectivity index (χ2n) is 8.77. The number of aromatic nitrogens is 1. The largest absolute Gasteiger partial charge is 0.465 e. The number of hydrogen-bond donors (Lipinski definition) is 1. The molecule has 1 aromatic rings. The van der Waals surface area contributed by atoms with Crippen molar-refractivity contribution < 1.29 is 27.5 Å². The topological polar surface area (TPSA) is 73.1 Å². The van der Waals surface area contributed by atoms with Gasteiger partial charge in [0.15, 0.2) is 6.39 Å². The van der Waals surface area contributed by atoms with Gasteiger partial charge in [-0.25, -0.2) is 9.78 Å². The first-order valence-electron chi connectivity index (χ1n) is 10.1. The van der Waals surface area contributed by atoms with Gasteiger partial charge in [-0.2, -0.15) is 13.2 Å². The number of oxazole rings is 1. The molecule has 10 heteroatoms. The number of halogens is 3. The number of rotatable bonds is 5. The number of piperidine rings is 1. The number of alkyl halides is 3. The van der Waals surface area contributed by atoms with Crippen LogP contribution in [0.5, 0.6) is 0 Å². The molecule has 7 nitrogen and oxygen atoms in total. The summed E-state index contributed by atoms with van der Waals surface area (Å²) in [6.07, 6.45) is 1.89. The highest BCUT2D eigenvalue weighted by Crippen LogP contribution is 2.50.